The summed E-state index contributed by atoms with van der Waals surface area (Å²) in [5.41, 5.74) is 7.85. The Bertz CT molecular complexity index is 692. The third kappa shape index (κ3) is 3.28. The summed E-state index contributed by atoms with van der Waals surface area (Å²) < 4.78 is 0. The van der Waals surface area contributed by atoms with E-state index in [-0.39, 0.29) is 5.91 Å². The molecule has 0 fully saturated rings. The maximum atomic E-state index is 12.0. The number of benzene rings is 2. The number of nitrogens with one attached hydrogen (secondary N) is 1. The molecule has 0 unspecified atom stereocenters. The number of amides is 1. The minimum atomic E-state index is -0.301. The molecule has 1 amide bonds. The minimum Gasteiger partial charge on any atom is -0.399 e. The lowest BCUT2D eigenvalue weighted by Gasteiger charge is -2.08. The van der Waals surface area contributed by atoms with Gasteiger partial charge in [0.05, 0.1) is 22.2 Å². The van der Waals surface area contributed by atoms with Crippen LogP contribution in [0.2, 0.25) is 5.02 Å². The lowest BCUT2D eigenvalue weighted by Crippen LogP contribution is -2.23. The Morgan fingerprint density at radius 3 is 2.85 bits per heavy atom. The van der Waals surface area contributed by atoms with E-state index in [0.717, 1.165) is 5.56 Å². The third-order valence-corrected chi connectivity index (χ3v) is 3.07. The second-order valence-electron chi connectivity index (χ2n) is 4.23. The van der Waals surface area contributed by atoms with Gasteiger partial charge in [-0.1, -0.05) is 23.7 Å². The van der Waals surface area contributed by atoms with E-state index in [1.807, 2.05) is 6.07 Å². The largest absolute Gasteiger partial charge is 0.399 e. The Hall–Kier alpha value is -2.51. The molecule has 0 saturated carbocycles. The van der Waals surface area contributed by atoms with Crippen molar-refractivity contribution in [3.63, 3.8) is 0 Å². The first-order chi connectivity index (χ1) is 9.60. The van der Waals surface area contributed by atoms with Crippen molar-refractivity contribution in [2.24, 2.45) is 0 Å². The molecule has 100 valence electrons. The Labute approximate surface area is 121 Å². The normalized spacial score (nSPS) is 9.80. The molecule has 4 nitrogen and oxygen atoms in total. The molecule has 0 radical (unpaired) electrons. The number of nitriles is 1. The summed E-state index contributed by atoms with van der Waals surface area (Å²) in [6.45, 7) is 0.319. The molecule has 0 aliphatic rings. The zero-order chi connectivity index (χ0) is 14.5. The highest BCUT2D eigenvalue weighted by Gasteiger charge is 2.10. The van der Waals surface area contributed by atoms with Gasteiger partial charge in [-0.15, -0.1) is 0 Å². The van der Waals surface area contributed by atoms with Gasteiger partial charge in [-0.05, 0) is 35.9 Å². The van der Waals surface area contributed by atoms with Gasteiger partial charge >= 0.3 is 0 Å². The molecule has 2 aromatic rings. The predicted octanol–water partition coefficient (Wildman–Crippen LogP) is 2.72. The first kappa shape index (κ1) is 13.9. The molecule has 0 aliphatic heterocycles. The molecule has 0 aliphatic carbocycles. The topological polar surface area (TPSA) is 78.9 Å². The summed E-state index contributed by atoms with van der Waals surface area (Å²) in [4.78, 5) is 12.0. The summed E-state index contributed by atoms with van der Waals surface area (Å²) in [6.07, 6.45) is 0. The molecule has 2 rings (SSSR count). The highest BCUT2D eigenvalue weighted by Crippen LogP contribution is 2.18. The average Bonchev–Trinajstić information content (AvgIpc) is 2.47. The Morgan fingerprint density at radius 1 is 1.30 bits per heavy atom. The number of nitrogens with zero attached hydrogens (tertiary/aromatic N) is 1. The van der Waals surface area contributed by atoms with Crippen LogP contribution in [0.15, 0.2) is 42.5 Å². The van der Waals surface area contributed by atoms with E-state index in [0.29, 0.717) is 28.4 Å². The quantitative estimate of drug-likeness (QED) is 0.851. The van der Waals surface area contributed by atoms with E-state index in [4.69, 9.17) is 22.6 Å². The van der Waals surface area contributed by atoms with Crippen molar-refractivity contribution in [1.29, 1.82) is 5.26 Å². The smallest absolute Gasteiger partial charge is 0.253 e. The SMILES string of the molecule is N#Cc1cccc(CNC(=O)c2cc(N)ccc2Cl)c1. The Morgan fingerprint density at radius 2 is 2.10 bits per heavy atom. The second kappa shape index (κ2) is 6.09. The standard InChI is InChI=1S/C15H12ClN3O/c16-14-5-4-12(18)7-13(14)15(20)19-9-11-3-1-2-10(6-11)8-17/h1-7H,9,18H2,(H,19,20). The first-order valence-corrected chi connectivity index (χ1v) is 6.30. The third-order valence-electron chi connectivity index (χ3n) is 2.74. The van der Waals surface area contributed by atoms with E-state index >= 15 is 0 Å². The molecule has 0 spiro atoms. The molecular formula is C15H12ClN3O. The summed E-state index contributed by atoms with van der Waals surface area (Å²) in [5.74, 6) is -0.301. The van der Waals surface area contributed by atoms with E-state index in [1.165, 1.54) is 6.07 Å². The van der Waals surface area contributed by atoms with Gasteiger partial charge in [-0.2, -0.15) is 5.26 Å². The highest BCUT2D eigenvalue weighted by molar-refractivity contribution is 6.34. The molecule has 0 saturated heterocycles. The number of carbonyl (C=O) groups is 1. The number of carbonyl (C=O) groups excluding carboxylic acids is 1. The van der Waals surface area contributed by atoms with Crippen LogP contribution in [0.5, 0.6) is 0 Å². The van der Waals surface area contributed by atoms with Crippen molar-refractivity contribution in [3.05, 3.63) is 64.2 Å². The zero-order valence-electron chi connectivity index (χ0n) is 10.6. The first-order valence-electron chi connectivity index (χ1n) is 5.92. The number of nitrogen functional groups attached to an aromatic ring is 1. The molecule has 0 atom stereocenters. The lowest BCUT2D eigenvalue weighted by molar-refractivity contribution is 0.0951. The fraction of sp³-hybridized carbons (Fsp3) is 0.0667. The van der Waals surface area contributed by atoms with Crippen molar-refractivity contribution in [3.8, 4) is 6.07 Å². The van der Waals surface area contributed by atoms with Crippen LogP contribution < -0.4 is 11.1 Å². The number of hydrogen-bond donors (Lipinski definition) is 2. The van der Waals surface area contributed by atoms with E-state index in [1.54, 1.807) is 30.3 Å². The van der Waals surface area contributed by atoms with Crippen molar-refractivity contribution in [1.82, 2.24) is 5.32 Å². The van der Waals surface area contributed by atoms with Crippen LogP contribution in [0, 0.1) is 11.3 Å². The van der Waals surface area contributed by atoms with E-state index in [2.05, 4.69) is 11.4 Å². The van der Waals surface area contributed by atoms with Gasteiger partial charge in [0.2, 0.25) is 0 Å². The van der Waals surface area contributed by atoms with Crippen LogP contribution in [-0.4, -0.2) is 5.91 Å². The fourth-order valence-corrected chi connectivity index (χ4v) is 1.95. The van der Waals surface area contributed by atoms with E-state index < -0.39 is 0 Å². The number of halogens is 1. The van der Waals surface area contributed by atoms with Crippen LogP contribution >= 0.6 is 11.6 Å². The summed E-state index contributed by atoms with van der Waals surface area (Å²) in [5, 5.41) is 11.9. The van der Waals surface area contributed by atoms with Crippen LogP contribution in [-0.2, 0) is 6.54 Å². The molecule has 0 aromatic heterocycles. The second-order valence-corrected chi connectivity index (χ2v) is 4.64. The van der Waals surface area contributed by atoms with Gasteiger partial charge in [-0.25, -0.2) is 0 Å². The van der Waals surface area contributed by atoms with E-state index in [9.17, 15) is 4.79 Å². The molecule has 2 aromatic carbocycles. The monoisotopic (exact) mass is 285 g/mol. The van der Waals surface area contributed by atoms with Crippen LogP contribution in [0.1, 0.15) is 21.5 Å². The van der Waals surface area contributed by atoms with Gasteiger partial charge in [0, 0.05) is 12.2 Å². The number of anilines is 1. The van der Waals surface area contributed by atoms with Gasteiger partial charge in [0.1, 0.15) is 0 Å². The number of rotatable bonds is 3. The fourth-order valence-electron chi connectivity index (χ4n) is 1.75. The maximum absolute atomic E-state index is 12.0. The average molecular weight is 286 g/mol. The molecule has 3 N–H and O–H groups in total. The molecule has 20 heavy (non-hydrogen) atoms. The number of nitrogens with two attached hydrogens (primary N) is 1. The molecule has 0 heterocycles. The summed E-state index contributed by atoms with van der Waals surface area (Å²) in [6, 6.07) is 13.8. The van der Waals surface area contributed by atoms with Gasteiger partial charge in [-0.3, -0.25) is 4.79 Å². The lowest BCUT2D eigenvalue weighted by atomic mass is 10.1. The molecule has 5 heteroatoms. The molecule has 0 bridgehead atoms. The van der Waals surface area contributed by atoms with Crippen LogP contribution in [0.4, 0.5) is 5.69 Å². The zero-order valence-corrected chi connectivity index (χ0v) is 11.3. The predicted molar refractivity (Wildman–Crippen MR) is 78.2 cm³/mol. The maximum Gasteiger partial charge on any atom is 0.253 e. The van der Waals surface area contributed by atoms with Crippen molar-refractivity contribution in [2.45, 2.75) is 6.54 Å². The molecular weight excluding hydrogens is 274 g/mol. The van der Waals surface area contributed by atoms with Crippen LogP contribution in [0.25, 0.3) is 0 Å². The highest BCUT2D eigenvalue weighted by atomic mass is 35.5. The Balaban J connectivity index is 2.09. The summed E-state index contributed by atoms with van der Waals surface area (Å²) in [7, 11) is 0. The van der Waals surface area contributed by atoms with Gasteiger partial charge in [0.15, 0.2) is 0 Å². The summed E-state index contributed by atoms with van der Waals surface area (Å²) >= 11 is 5.96. The van der Waals surface area contributed by atoms with Crippen molar-refractivity contribution < 1.29 is 4.79 Å². The van der Waals surface area contributed by atoms with Gasteiger partial charge < -0.3 is 11.1 Å². The Kier molecular flexibility index (Phi) is 4.24. The van der Waals surface area contributed by atoms with Crippen molar-refractivity contribution in [2.75, 3.05) is 5.73 Å². The van der Waals surface area contributed by atoms with Gasteiger partial charge in [0.25, 0.3) is 5.91 Å². The van der Waals surface area contributed by atoms with Crippen molar-refractivity contribution >= 4 is 23.2 Å². The number of hydrogen-bond acceptors (Lipinski definition) is 3. The van der Waals surface area contributed by atoms with Crippen LogP contribution in [0.3, 0.4) is 0 Å². The minimum absolute atomic E-state index is 0.301.